The van der Waals surface area contributed by atoms with Crippen LogP contribution in [-0.2, 0) is 16.6 Å². The molecule has 1 fully saturated rings. The molecule has 1 aliphatic heterocycles. The van der Waals surface area contributed by atoms with Crippen molar-refractivity contribution in [1.29, 1.82) is 0 Å². The zero-order valence-corrected chi connectivity index (χ0v) is 12.9. The lowest BCUT2D eigenvalue weighted by molar-refractivity contribution is 0.356. The summed E-state index contributed by atoms with van der Waals surface area (Å²) in [6, 6.07) is 0. The minimum atomic E-state index is -3.45. The smallest absolute Gasteiger partial charge is 0.245 e. The fourth-order valence-corrected chi connectivity index (χ4v) is 3.75. The molecule has 1 aromatic rings. The molecule has 1 unspecified atom stereocenters. The second-order valence-corrected chi connectivity index (χ2v) is 7.48. The molecule has 1 atom stereocenters. The first-order chi connectivity index (χ1) is 9.43. The first kappa shape index (κ1) is 15.4. The van der Waals surface area contributed by atoms with Crippen LogP contribution in [0.2, 0.25) is 0 Å². The summed E-state index contributed by atoms with van der Waals surface area (Å²) >= 11 is 0. The van der Waals surface area contributed by atoms with Crippen LogP contribution in [0.15, 0.2) is 17.3 Å². The molecule has 0 bridgehead atoms. The molecule has 0 radical (unpaired) electrons. The summed E-state index contributed by atoms with van der Waals surface area (Å²) in [6.45, 7) is 3.49. The van der Waals surface area contributed by atoms with Crippen molar-refractivity contribution in [2.75, 3.05) is 40.3 Å². The predicted octanol–water partition coefficient (Wildman–Crippen LogP) is -0.586. The first-order valence-electron chi connectivity index (χ1n) is 6.81. The second-order valence-electron chi connectivity index (χ2n) is 5.43. The standard InChI is InChI=1S/C12H23N5O2S/c1-15-5-3-11(8-15)9-16(2)20(18,19)12-7-14-17(10-12)6-4-13/h7,10-11H,3-6,8-9,13H2,1-2H3. The number of hydrogen-bond acceptors (Lipinski definition) is 5. The van der Waals surface area contributed by atoms with Gasteiger partial charge >= 0.3 is 0 Å². The Morgan fingerprint density at radius 2 is 2.30 bits per heavy atom. The highest BCUT2D eigenvalue weighted by Crippen LogP contribution is 2.19. The predicted molar refractivity (Wildman–Crippen MR) is 76.7 cm³/mol. The van der Waals surface area contributed by atoms with E-state index in [1.54, 1.807) is 17.9 Å². The molecule has 8 heteroatoms. The molecule has 114 valence electrons. The van der Waals surface area contributed by atoms with E-state index in [0.717, 1.165) is 19.5 Å². The molecule has 0 amide bonds. The van der Waals surface area contributed by atoms with E-state index >= 15 is 0 Å². The van der Waals surface area contributed by atoms with Crippen molar-refractivity contribution in [2.24, 2.45) is 11.7 Å². The zero-order valence-electron chi connectivity index (χ0n) is 12.1. The fraction of sp³-hybridized carbons (Fsp3) is 0.750. The lowest BCUT2D eigenvalue weighted by Gasteiger charge is -2.20. The van der Waals surface area contributed by atoms with Crippen LogP contribution in [0.5, 0.6) is 0 Å². The van der Waals surface area contributed by atoms with E-state index in [9.17, 15) is 8.42 Å². The number of likely N-dealkylation sites (tertiary alicyclic amines) is 1. The molecular weight excluding hydrogens is 278 g/mol. The van der Waals surface area contributed by atoms with Crippen LogP contribution in [-0.4, -0.2) is 67.7 Å². The van der Waals surface area contributed by atoms with Crippen LogP contribution >= 0.6 is 0 Å². The minimum Gasteiger partial charge on any atom is -0.329 e. The maximum atomic E-state index is 12.4. The third-order valence-electron chi connectivity index (χ3n) is 3.68. The number of sulfonamides is 1. The molecule has 2 N–H and O–H groups in total. The topological polar surface area (TPSA) is 84.5 Å². The highest BCUT2D eigenvalue weighted by Gasteiger charge is 2.28. The first-order valence-corrected chi connectivity index (χ1v) is 8.25. The zero-order chi connectivity index (χ0) is 14.8. The van der Waals surface area contributed by atoms with Gasteiger partial charge in [0.15, 0.2) is 0 Å². The quantitative estimate of drug-likeness (QED) is 0.759. The average Bonchev–Trinajstić information content (AvgIpc) is 2.99. The molecule has 0 aromatic carbocycles. The second kappa shape index (κ2) is 6.21. The lowest BCUT2D eigenvalue weighted by Crippen LogP contribution is -2.32. The van der Waals surface area contributed by atoms with Crippen LogP contribution < -0.4 is 5.73 Å². The van der Waals surface area contributed by atoms with E-state index in [4.69, 9.17) is 5.73 Å². The summed E-state index contributed by atoms with van der Waals surface area (Å²) in [5, 5.41) is 4.02. The summed E-state index contributed by atoms with van der Waals surface area (Å²) in [5.74, 6) is 0.402. The number of hydrogen-bond donors (Lipinski definition) is 1. The molecular formula is C12H23N5O2S. The van der Waals surface area contributed by atoms with Crippen molar-refractivity contribution < 1.29 is 8.42 Å². The van der Waals surface area contributed by atoms with Gasteiger partial charge in [-0.05, 0) is 25.9 Å². The Labute approximate surface area is 120 Å². The highest BCUT2D eigenvalue weighted by molar-refractivity contribution is 7.89. The Morgan fingerprint density at radius 1 is 1.55 bits per heavy atom. The molecule has 2 heterocycles. The maximum Gasteiger partial charge on any atom is 0.245 e. The summed E-state index contributed by atoms with van der Waals surface area (Å²) in [7, 11) is 0.243. The van der Waals surface area contributed by atoms with Crippen LogP contribution in [0.4, 0.5) is 0 Å². The lowest BCUT2D eigenvalue weighted by atomic mass is 10.1. The summed E-state index contributed by atoms with van der Waals surface area (Å²) in [4.78, 5) is 2.46. The van der Waals surface area contributed by atoms with E-state index in [0.29, 0.717) is 25.6 Å². The van der Waals surface area contributed by atoms with Gasteiger partial charge in [0.25, 0.3) is 0 Å². The van der Waals surface area contributed by atoms with E-state index in [-0.39, 0.29) is 4.90 Å². The van der Waals surface area contributed by atoms with Crippen LogP contribution in [0, 0.1) is 5.92 Å². The molecule has 20 heavy (non-hydrogen) atoms. The van der Waals surface area contributed by atoms with Gasteiger partial charge < -0.3 is 10.6 Å². The van der Waals surface area contributed by atoms with Gasteiger partial charge in [-0.3, -0.25) is 4.68 Å². The number of nitrogens with zero attached hydrogens (tertiary/aromatic N) is 4. The molecule has 1 aliphatic rings. The van der Waals surface area contributed by atoms with Crippen molar-refractivity contribution in [1.82, 2.24) is 19.0 Å². The summed E-state index contributed by atoms with van der Waals surface area (Å²) in [5.41, 5.74) is 5.44. The van der Waals surface area contributed by atoms with Gasteiger partial charge in [-0.1, -0.05) is 0 Å². The largest absolute Gasteiger partial charge is 0.329 e. The summed E-state index contributed by atoms with van der Waals surface area (Å²) < 4.78 is 27.9. The Morgan fingerprint density at radius 3 is 2.90 bits per heavy atom. The SMILES string of the molecule is CN1CCC(CN(C)S(=O)(=O)c2cnn(CCN)c2)C1. The maximum absolute atomic E-state index is 12.4. The van der Waals surface area contributed by atoms with Gasteiger partial charge in [-0.15, -0.1) is 0 Å². The van der Waals surface area contributed by atoms with Crippen molar-refractivity contribution in [3.8, 4) is 0 Å². The molecule has 1 aromatic heterocycles. The van der Waals surface area contributed by atoms with E-state index in [2.05, 4.69) is 17.0 Å². The van der Waals surface area contributed by atoms with E-state index in [1.165, 1.54) is 10.5 Å². The van der Waals surface area contributed by atoms with Gasteiger partial charge in [0, 0.05) is 32.9 Å². The third-order valence-corrected chi connectivity index (χ3v) is 5.46. The third kappa shape index (κ3) is 3.38. The van der Waals surface area contributed by atoms with E-state index in [1.807, 2.05) is 0 Å². The van der Waals surface area contributed by atoms with Crippen LogP contribution in [0.25, 0.3) is 0 Å². The Kier molecular flexibility index (Phi) is 4.79. The van der Waals surface area contributed by atoms with Crippen molar-refractivity contribution >= 4 is 10.0 Å². The number of rotatable bonds is 6. The number of nitrogens with two attached hydrogens (primary N) is 1. The average molecular weight is 301 g/mol. The van der Waals surface area contributed by atoms with Gasteiger partial charge in [-0.2, -0.15) is 5.10 Å². The molecule has 0 saturated carbocycles. The Balaban J connectivity index is 2.04. The molecule has 0 spiro atoms. The van der Waals surface area contributed by atoms with Crippen LogP contribution in [0.1, 0.15) is 6.42 Å². The van der Waals surface area contributed by atoms with Gasteiger partial charge in [0.05, 0.1) is 12.7 Å². The van der Waals surface area contributed by atoms with Crippen molar-refractivity contribution in [2.45, 2.75) is 17.9 Å². The van der Waals surface area contributed by atoms with Gasteiger partial charge in [0.1, 0.15) is 4.90 Å². The molecule has 0 aliphatic carbocycles. The molecule has 2 rings (SSSR count). The van der Waals surface area contributed by atoms with Gasteiger partial charge in [0.2, 0.25) is 10.0 Å². The molecule has 7 nitrogen and oxygen atoms in total. The van der Waals surface area contributed by atoms with Crippen molar-refractivity contribution in [3.05, 3.63) is 12.4 Å². The number of aromatic nitrogens is 2. The molecule has 1 saturated heterocycles. The highest BCUT2D eigenvalue weighted by atomic mass is 32.2. The summed E-state index contributed by atoms with van der Waals surface area (Å²) in [6.07, 6.45) is 3.98. The monoisotopic (exact) mass is 301 g/mol. The Hall–Kier alpha value is -0.960. The van der Waals surface area contributed by atoms with Crippen molar-refractivity contribution in [3.63, 3.8) is 0 Å². The normalized spacial score (nSPS) is 20.9. The van der Waals surface area contributed by atoms with E-state index < -0.39 is 10.0 Å². The van der Waals surface area contributed by atoms with Crippen LogP contribution in [0.3, 0.4) is 0 Å². The minimum absolute atomic E-state index is 0.236. The Bertz CT molecular complexity index is 542. The van der Waals surface area contributed by atoms with Gasteiger partial charge in [-0.25, -0.2) is 12.7 Å². The fourth-order valence-electron chi connectivity index (χ4n) is 2.55.